The summed E-state index contributed by atoms with van der Waals surface area (Å²) >= 11 is 0. The fraction of sp³-hybridized carbons (Fsp3) is 0.812. The third-order valence-electron chi connectivity index (χ3n) is 3.79. The van der Waals surface area contributed by atoms with Crippen LogP contribution in [0.2, 0.25) is 5.82 Å². The Bertz CT molecular complexity index is 438. The number of likely N-dealkylation sites (N-methyl/N-ethyl adjacent to an activating group) is 1. The predicted octanol–water partition coefficient (Wildman–Crippen LogP) is -0.138. The Kier molecular flexibility index (Phi) is 9.39. The van der Waals surface area contributed by atoms with E-state index >= 15 is 0 Å². The summed E-state index contributed by atoms with van der Waals surface area (Å²) in [6, 6.07) is 0. The van der Waals surface area contributed by atoms with E-state index in [-0.39, 0.29) is 42.8 Å². The number of carbonyl (C=O) groups is 3. The summed E-state index contributed by atoms with van der Waals surface area (Å²) in [5, 5.41) is 21.1. The van der Waals surface area contributed by atoms with Crippen molar-refractivity contribution in [1.29, 1.82) is 0 Å². The minimum Gasteiger partial charge on any atom is -0.427 e. The van der Waals surface area contributed by atoms with Crippen molar-refractivity contribution in [3.05, 3.63) is 0 Å². The van der Waals surface area contributed by atoms with E-state index in [9.17, 15) is 24.4 Å². The highest BCUT2D eigenvalue weighted by atomic mass is 16.4. The zero-order chi connectivity index (χ0) is 19.1. The Labute approximate surface area is 145 Å². The van der Waals surface area contributed by atoms with Crippen LogP contribution in [-0.2, 0) is 14.4 Å². The summed E-state index contributed by atoms with van der Waals surface area (Å²) in [6.07, 6.45) is 0.129. The van der Waals surface area contributed by atoms with Crippen molar-refractivity contribution >= 4 is 24.6 Å². The van der Waals surface area contributed by atoms with Gasteiger partial charge in [-0.15, -0.1) is 0 Å². The summed E-state index contributed by atoms with van der Waals surface area (Å²) in [7, 11) is 4.16. The lowest BCUT2D eigenvalue weighted by atomic mass is 9.64. The van der Waals surface area contributed by atoms with E-state index in [0.29, 0.717) is 11.0 Å². The van der Waals surface area contributed by atoms with Gasteiger partial charge in [-0.25, -0.2) is 0 Å². The van der Waals surface area contributed by atoms with E-state index in [1.807, 2.05) is 21.1 Å². The number of nitrogens with zero attached hydrogens (tertiary/aromatic N) is 1. The van der Waals surface area contributed by atoms with Gasteiger partial charge in [0, 0.05) is 24.6 Å². The molecular weight excluding hydrogens is 311 g/mol. The molecular formula is C16H32BN2O5+. The lowest BCUT2D eigenvalue weighted by molar-refractivity contribution is -0.862. The van der Waals surface area contributed by atoms with Gasteiger partial charge in [0.25, 0.3) is 0 Å². The van der Waals surface area contributed by atoms with E-state index < -0.39 is 18.9 Å². The smallest absolute Gasteiger partial charge is 0.427 e. The summed E-state index contributed by atoms with van der Waals surface area (Å²) in [5.41, 5.74) is 0. The van der Waals surface area contributed by atoms with Crippen LogP contribution in [-0.4, -0.2) is 73.4 Å². The average molecular weight is 343 g/mol. The highest BCUT2D eigenvalue weighted by molar-refractivity contribution is 6.43. The van der Waals surface area contributed by atoms with Gasteiger partial charge in [0.1, 0.15) is 6.54 Å². The molecule has 0 rings (SSSR count). The van der Waals surface area contributed by atoms with Gasteiger partial charge in [-0.05, 0) is 5.92 Å². The minimum absolute atomic E-state index is 0.000230. The Morgan fingerprint density at radius 1 is 1.00 bits per heavy atom. The second-order valence-electron chi connectivity index (χ2n) is 7.87. The van der Waals surface area contributed by atoms with Crippen molar-refractivity contribution in [2.45, 2.75) is 39.4 Å². The number of Topliss-reactive ketones (excluding diaryl/α,β-unsaturated/α-hetero) is 2. The zero-order valence-corrected chi connectivity index (χ0v) is 15.7. The molecule has 24 heavy (non-hydrogen) atoms. The Hall–Kier alpha value is -1.25. The fourth-order valence-corrected chi connectivity index (χ4v) is 2.41. The number of nitrogens with one attached hydrogen (secondary N) is 1. The number of rotatable bonds is 11. The molecule has 8 heteroatoms. The Morgan fingerprint density at radius 2 is 1.54 bits per heavy atom. The number of quaternary nitrogens is 1. The van der Waals surface area contributed by atoms with Gasteiger partial charge >= 0.3 is 7.12 Å². The van der Waals surface area contributed by atoms with Crippen LogP contribution in [0.15, 0.2) is 0 Å². The largest absolute Gasteiger partial charge is 0.455 e. The summed E-state index contributed by atoms with van der Waals surface area (Å²) in [5.74, 6) is -1.72. The normalized spacial score (nSPS) is 14.2. The van der Waals surface area contributed by atoms with Crippen LogP contribution < -0.4 is 5.32 Å². The SMILES string of the molecule is CC(CC(=O)C[N+](C)(C)C)C(=O)NCC(=O)CC(B(O)O)C(C)C. The van der Waals surface area contributed by atoms with Crippen molar-refractivity contribution in [1.82, 2.24) is 5.32 Å². The van der Waals surface area contributed by atoms with E-state index in [1.165, 1.54) is 0 Å². The molecule has 2 atom stereocenters. The molecule has 0 aliphatic rings. The minimum atomic E-state index is -1.56. The van der Waals surface area contributed by atoms with Gasteiger partial charge in [-0.1, -0.05) is 20.8 Å². The second kappa shape index (κ2) is 9.91. The number of carbonyl (C=O) groups excluding carboxylic acids is 3. The van der Waals surface area contributed by atoms with Gasteiger partial charge < -0.3 is 19.8 Å². The molecule has 7 nitrogen and oxygen atoms in total. The molecule has 0 aliphatic carbocycles. The van der Waals surface area contributed by atoms with Crippen LogP contribution >= 0.6 is 0 Å². The summed E-state index contributed by atoms with van der Waals surface area (Å²) in [6.45, 7) is 5.44. The predicted molar refractivity (Wildman–Crippen MR) is 93.1 cm³/mol. The fourth-order valence-electron chi connectivity index (χ4n) is 2.41. The standard InChI is InChI=1S/C16H31BN2O5/c1-11(2)15(17(23)24)8-13(20)9-18-16(22)12(3)7-14(21)10-19(4,5)6/h11-12,15,23-24H,7-10H2,1-6H3/p+1. The molecule has 0 aromatic carbocycles. The first-order valence-electron chi connectivity index (χ1n) is 8.31. The lowest BCUT2D eigenvalue weighted by Gasteiger charge is -2.23. The maximum absolute atomic E-state index is 12.0. The molecule has 0 aromatic rings. The molecule has 0 radical (unpaired) electrons. The first kappa shape index (κ1) is 22.8. The Balaban J connectivity index is 4.32. The first-order valence-corrected chi connectivity index (χ1v) is 8.31. The molecule has 3 N–H and O–H groups in total. The van der Waals surface area contributed by atoms with Crippen molar-refractivity contribution in [2.24, 2.45) is 11.8 Å². The van der Waals surface area contributed by atoms with Gasteiger partial charge in [-0.2, -0.15) is 0 Å². The maximum Gasteiger partial charge on any atom is 0.455 e. The summed E-state index contributed by atoms with van der Waals surface area (Å²) in [4.78, 5) is 35.8. The van der Waals surface area contributed by atoms with Crippen molar-refractivity contribution in [3.63, 3.8) is 0 Å². The molecule has 138 valence electrons. The molecule has 0 fully saturated rings. The van der Waals surface area contributed by atoms with Gasteiger partial charge in [0.15, 0.2) is 11.6 Å². The van der Waals surface area contributed by atoms with Gasteiger partial charge in [-0.3, -0.25) is 14.4 Å². The third-order valence-corrected chi connectivity index (χ3v) is 3.79. The average Bonchev–Trinajstić information content (AvgIpc) is 2.38. The van der Waals surface area contributed by atoms with Crippen molar-refractivity contribution in [3.8, 4) is 0 Å². The van der Waals surface area contributed by atoms with Crippen LogP contribution in [0.1, 0.15) is 33.6 Å². The molecule has 2 unspecified atom stereocenters. The van der Waals surface area contributed by atoms with Crippen LogP contribution in [0.3, 0.4) is 0 Å². The van der Waals surface area contributed by atoms with Crippen LogP contribution in [0, 0.1) is 11.8 Å². The monoisotopic (exact) mass is 343 g/mol. The molecule has 0 heterocycles. The molecule has 0 saturated heterocycles. The number of hydrogen-bond donors (Lipinski definition) is 3. The molecule has 0 aromatic heterocycles. The van der Waals surface area contributed by atoms with Crippen molar-refractivity contribution in [2.75, 3.05) is 34.2 Å². The highest BCUT2D eigenvalue weighted by Gasteiger charge is 2.29. The number of amides is 1. The topological polar surface area (TPSA) is 104 Å². The molecule has 0 aliphatic heterocycles. The summed E-state index contributed by atoms with van der Waals surface area (Å²) < 4.78 is 0.506. The van der Waals surface area contributed by atoms with Crippen LogP contribution in [0.5, 0.6) is 0 Å². The molecule has 0 saturated carbocycles. The zero-order valence-electron chi connectivity index (χ0n) is 15.7. The second-order valence-corrected chi connectivity index (χ2v) is 7.87. The van der Waals surface area contributed by atoms with Crippen LogP contribution in [0.25, 0.3) is 0 Å². The molecule has 0 spiro atoms. The first-order chi connectivity index (χ1) is 10.8. The quantitative estimate of drug-likeness (QED) is 0.358. The molecule has 1 amide bonds. The number of hydrogen-bond acceptors (Lipinski definition) is 5. The van der Waals surface area contributed by atoms with Gasteiger partial charge in [0.2, 0.25) is 5.91 Å². The van der Waals surface area contributed by atoms with E-state index in [4.69, 9.17) is 0 Å². The highest BCUT2D eigenvalue weighted by Crippen LogP contribution is 2.23. The van der Waals surface area contributed by atoms with Crippen LogP contribution in [0.4, 0.5) is 0 Å². The van der Waals surface area contributed by atoms with E-state index in [0.717, 1.165) is 0 Å². The molecule has 0 bridgehead atoms. The van der Waals surface area contributed by atoms with E-state index in [1.54, 1.807) is 20.8 Å². The lowest BCUT2D eigenvalue weighted by Crippen LogP contribution is -2.41. The van der Waals surface area contributed by atoms with Crippen molar-refractivity contribution < 1.29 is 28.9 Å². The Morgan fingerprint density at radius 3 is 1.96 bits per heavy atom. The van der Waals surface area contributed by atoms with Gasteiger partial charge in [0.05, 0.1) is 27.7 Å². The maximum atomic E-state index is 12.0. The number of ketones is 2. The third kappa shape index (κ3) is 9.80. The van der Waals surface area contributed by atoms with E-state index in [2.05, 4.69) is 5.32 Å².